The second-order valence-corrected chi connectivity index (χ2v) is 6.49. The van der Waals surface area contributed by atoms with Crippen LogP contribution in [0, 0.1) is 0 Å². The van der Waals surface area contributed by atoms with Crippen molar-refractivity contribution in [3.8, 4) is 5.75 Å². The Bertz CT molecular complexity index is 607. The number of carbonyl (C=O) groups is 2. The van der Waals surface area contributed by atoms with Crippen molar-refractivity contribution in [2.45, 2.75) is 6.42 Å². The maximum absolute atomic E-state index is 12.8. The minimum Gasteiger partial charge on any atom is -0.496 e. The SMILES string of the molecule is COc1ccc(Cl)cc1C(=O)N1CCCN(CC(=O)N(C)C)CC1. The Labute approximate surface area is 147 Å². The predicted octanol–water partition coefficient (Wildman–Crippen LogP) is 1.58. The van der Waals surface area contributed by atoms with E-state index in [1.807, 2.05) is 0 Å². The molecule has 0 saturated carbocycles. The number of nitrogens with zero attached hydrogens (tertiary/aromatic N) is 3. The molecule has 0 spiro atoms. The minimum absolute atomic E-state index is 0.0753. The van der Waals surface area contributed by atoms with Gasteiger partial charge >= 0.3 is 0 Å². The largest absolute Gasteiger partial charge is 0.496 e. The highest BCUT2D eigenvalue weighted by Gasteiger charge is 2.24. The minimum atomic E-state index is -0.0878. The Balaban J connectivity index is 2.04. The third-order valence-corrected chi connectivity index (χ3v) is 4.36. The van der Waals surface area contributed by atoms with Gasteiger partial charge in [-0.05, 0) is 24.6 Å². The summed E-state index contributed by atoms with van der Waals surface area (Å²) in [5, 5.41) is 0.507. The summed E-state index contributed by atoms with van der Waals surface area (Å²) in [6.45, 7) is 3.09. The molecule has 0 unspecified atom stereocenters. The molecule has 0 aromatic heterocycles. The van der Waals surface area contributed by atoms with Gasteiger partial charge in [0.15, 0.2) is 0 Å². The lowest BCUT2D eigenvalue weighted by atomic mass is 10.1. The summed E-state index contributed by atoms with van der Waals surface area (Å²) in [7, 11) is 5.04. The van der Waals surface area contributed by atoms with E-state index >= 15 is 0 Å². The molecule has 1 fully saturated rings. The van der Waals surface area contributed by atoms with E-state index in [0.717, 1.165) is 13.0 Å². The molecule has 1 aromatic carbocycles. The summed E-state index contributed by atoms with van der Waals surface area (Å²) >= 11 is 6.02. The predicted molar refractivity (Wildman–Crippen MR) is 93.7 cm³/mol. The fourth-order valence-electron chi connectivity index (χ4n) is 2.68. The van der Waals surface area contributed by atoms with Gasteiger partial charge in [-0.15, -0.1) is 0 Å². The first kappa shape index (κ1) is 18.5. The van der Waals surface area contributed by atoms with E-state index in [2.05, 4.69) is 4.90 Å². The molecule has 2 amide bonds. The molecule has 2 rings (SSSR count). The fourth-order valence-corrected chi connectivity index (χ4v) is 2.85. The van der Waals surface area contributed by atoms with Gasteiger partial charge in [-0.25, -0.2) is 0 Å². The van der Waals surface area contributed by atoms with Crippen LogP contribution in [0.3, 0.4) is 0 Å². The zero-order valence-corrected chi connectivity index (χ0v) is 15.2. The summed E-state index contributed by atoms with van der Waals surface area (Å²) in [5.41, 5.74) is 0.475. The molecule has 7 heteroatoms. The molecule has 1 aliphatic rings. The molecule has 0 atom stereocenters. The van der Waals surface area contributed by atoms with Crippen LogP contribution in [0.5, 0.6) is 5.75 Å². The van der Waals surface area contributed by atoms with Gasteiger partial charge in [-0.1, -0.05) is 11.6 Å². The Morgan fingerprint density at radius 3 is 2.62 bits per heavy atom. The van der Waals surface area contributed by atoms with Gasteiger partial charge in [0.2, 0.25) is 5.91 Å². The first-order chi connectivity index (χ1) is 11.4. The lowest BCUT2D eigenvalue weighted by Crippen LogP contribution is -2.39. The van der Waals surface area contributed by atoms with E-state index < -0.39 is 0 Å². The molecule has 1 saturated heterocycles. The number of carbonyl (C=O) groups excluding carboxylic acids is 2. The van der Waals surface area contributed by atoms with Crippen LogP contribution in [-0.2, 0) is 4.79 Å². The van der Waals surface area contributed by atoms with E-state index in [-0.39, 0.29) is 11.8 Å². The summed E-state index contributed by atoms with van der Waals surface area (Å²) in [4.78, 5) is 30.1. The van der Waals surface area contributed by atoms with Gasteiger partial charge < -0.3 is 14.5 Å². The molecule has 24 heavy (non-hydrogen) atoms. The zero-order chi connectivity index (χ0) is 17.7. The first-order valence-electron chi connectivity index (χ1n) is 7.97. The Morgan fingerprint density at radius 1 is 1.21 bits per heavy atom. The van der Waals surface area contributed by atoms with Crippen molar-refractivity contribution in [3.05, 3.63) is 28.8 Å². The topological polar surface area (TPSA) is 53.1 Å². The second-order valence-electron chi connectivity index (χ2n) is 6.05. The summed E-state index contributed by atoms with van der Waals surface area (Å²) in [5.74, 6) is 0.509. The highest BCUT2D eigenvalue weighted by Crippen LogP contribution is 2.24. The van der Waals surface area contributed by atoms with Crippen LogP contribution in [-0.4, -0.2) is 80.4 Å². The van der Waals surface area contributed by atoms with Crippen LogP contribution in [0.4, 0.5) is 0 Å². The van der Waals surface area contributed by atoms with Gasteiger partial charge in [0.25, 0.3) is 5.91 Å². The molecule has 132 valence electrons. The van der Waals surface area contributed by atoms with Crippen LogP contribution in [0.2, 0.25) is 5.02 Å². The van der Waals surface area contributed by atoms with Gasteiger partial charge in [0.1, 0.15) is 5.75 Å². The lowest BCUT2D eigenvalue weighted by molar-refractivity contribution is -0.129. The second kappa shape index (κ2) is 8.35. The number of benzene rings is 1. The molecular formula is C17H24ClN3O3. The maximum Gasteiger partial charge on any atom is 0.257 e. The number of amides is 2. The molecule has 0 bridgehead atoms. The molecule has 1 aromatic rings. The van der Waals surface area contributed by atoms with Crippen molar-refractivity contribution >= 4 is 23.4 Å². The monoisotopic (exact) mass is 353 g/mol. The van der Waals surface area contributed by atoms with Crippen molar-refractivity contribution in [3.63, 3.8) is 0 Å². The first-order valence-corrected chi connectivity index (χ1v) is 8.35. The number of hydrogen-bond donors (Lipinski definition) is 0. The maximum atomic E-state index is 12.8. The molecule has 1 heterocycles. The van der Waals surface area contributed by atoms with E-state index in [1.165, 1.54) is 7.11 Å². The molecule has 0 radical (unpaired) electrons. The normalized spacial score (nSPS) is 15.8. The third-order valence-electron chi connectivity index (χ3n) is 4.13. The van der Waals surface area contributed by atoms with Gasteiger partial charge in [-0.3, -0.25) is 14.5 Å². The number of ether oxygens (including phenoxy) is 1. The molecule has 0 aliphatic carbocycles. The van der Waals surface area contributed by atoms with Crippen molar-refractivity contribution in [2.75, 3.05) is 53.9 Å². The summed E-state index contributed by atoms with van der Waals surface area (Å²) < 4.78 is 5.28. The average molecular weight is 354 g/mol. The van der Waals surface area contributed by atoms with E-state index in [1.54, 1.807) is 42.1 Å². The van der Waals surface area contributed by atoms with Crippen LogP contribution in [0.25, 0.3) is 0 Å². The third kappa shape index (κ3) is 4.61. The van der Waals surface area contributed by atoms with Gasteiger partial charge in [0.05, 0.1) is 19.2 Å². The van der Waals surface area contributed by atoms with Crippen LogP contribution in [0.15, 0.2) is 18.2 Å². The molecule has 1 aliphatic heterocycles. The number of rotatable bonds is 4. The fraction of sp³-hybridized carbons (Fsp3) is 0.529. The lowest BCUT2D eigenvalue weighted by Gasteiger charge is -2.23. The van der Waals surface area contributed by atoms with E-state index in [9.17, 15) is 9.59 Å². The standard InChI is InChI=1S/C17H24ClN3O3/c1-19(2)16(22)12-20-7-4-8-21(10-9-20)17(23)14-11-13(18)5-6-15(14)24-3/h5-6,11H,4,7-10,12H2,1-3H3. The van der Waals surface area contributed by atoms with E-state index in [4.69, 9.17) is 16.3 Å². The number of halogens is 1. The smallest absolute Gasteiger partial charge is 0.257 e. The van der Waals surface area contributed by atoms with Crippen molar-refractivity contribution in [2.24, 2.45) is 0 Å². The summed E-state index contributed by atoms with van der Waals surface area (Å²) in [6, 6.07) is 5.05. The number of likely N-dealkylation sites (N-methyl/N-ethyl adjacent to an activating group) is 1. The molecule has 6 nitrogen and oxygen atoms in total. The van der Waals surface area contributed by atoms with Crippen LogP contribution < -0.4 is 4.74 Å². The average Bonchev–Trinajstić information content (AvgIpc) is 2.79. The van der Waals surface area contributed by atoms with E-state index in [0.29, 0.717) is 42.5 Å². The summed E-state index contributed by atoms with van der Waals surface area (Å²) in [6.07, 6.45) is 0.829. The van der Waals surface area contributed by atoms with Crippen LogP contribution >= 0.6 is 11.6 Å². The number of methoxy groups -OCH3 is 1. The molecule has 0 N–H and O–H groups in total. The zero-order valence-electron chi connectivity index (χ0n) is 14.4. The highest BCUT2D eigenvalue weighted by atomic mass is 35.5. The quantitative estimate of drug-likeness (QED) is 0.824. The Kier molecular flexibility index (Phi) is 6.45. The van der Waals surface area contributed by atoms with Crippen molar-refractivity contribution < 1.29 is 14.3 Å². The molecular weight excluding hydrogens is 330 g/mol. The van der Waals surface area contributed by atoms with Crippen LogP contribution in [0.1, 0.15) is 16.8 Å². The number of hydrogen-bond acceptors (Lipinski definition) is 4. The Hall–Kier alpha value is -1.79. The Morgan fingerprint density at radius 2 is 1.96 bits per heavy atom. The van der Waals surface area contributed by atoms with Crippen molar-refractivity contribution in [1.82, 2.24) is 14.7 Å². The highest BCUT2D eigenvalue weighted by molar-refractivity contribution is 6.31. The van der Waals surface area contributed by atoms with Gasteiger partial charge in [-0.2, -0.15) is 0 Å². The van der Waals surface area contributed by atoms with Crippen molar-refractivity contribution in [1.29, 1.82) is 0 Å². The van der Waals surface area contributed by atoms with Gasteiger partial charge in [0, 0.05) is 45.3 Å².